The average Bonchev–Trinajstić information content (AvgIpc) is 3.41. The number of hydrogen-bond donors (Lipinski definition) is 1. The number of rotatable bonds is 6. The SMILES string of the molecule is O=C(Nc1ccc(N2CCC2)cn1)c1csc(-c2c(-c3ccc(F)cc3)ncn2C2COC2)n1. The summed E-state index contributed by atoms with van der Waals surface area (Å²) in [7, 11) is 0. The number of benzene rings is 1. The third-order valence-electron chi connectivity index (χ3n) is 6.08. The highest BCUT2D eigenvalue weighted by molar-refractivity contribution is 7.13. The van der Waals surface area contributed by atoms with Crippen molar-refractivity contribution in [2.45, 2.75) is 12.5 Å². The Kier molecular flexibility index (Phi) is 5.31. The number of halogens is 1. The van der Waals surface area contributed by atoms with Gasteiger partial charge in [-0.05, 0) is 42.8 Å². The summed E-state index contributed by atoms with van der Waals surface area (Å²) in [6.45, 7) is 3.25. The summed E-state index contributed by atoms with van der Waals surface area (Å²) in [4.78, 5) is 28.7. The van der Waals surface area contributed by atoms with Gasteiger partial charge in [0.1, 0.15) is 28.0 Å². The molecule has 2 saturated heterocycles. The second-order valence-electron chi connectivity index (χ2n) is 8.28. The van der Waals surface area contributed by atoms with E-state index in [2.05, 4.69) is 25.2 Å². The van der Waals surface area contributed by atoms with Crippen LogP contribution in [0, 0.1) is 5.82 Å². The Morgan fingerprint density at radius 3 is 2.59 bits per heavy atom. The molecule has 2 aliphatic heterocycles. The van der Waals surface area contributed by atoms with Gasteiger partial charge in [0.25, 0.3) is 5.91 Å². The van der Waals surface area contributed by atoms with Gasteiger partial charge in [0.15, 0.2) is 0 Å². The zero-order valence-corrected chi connectivity index (χ0v) is 19.0. The summed E-state index contributed by atoms with van der Waals surface area (Å²) in [5.74, 6) is -0.155. The molecule has 2 aliphatic rings. The minimum atomic E-state index is -0.326. The van der Waals surface area contributed by atoms with Crippen LogP contribution in [0.3, 0.4) is 0 Å². The van der Waals surface area contributed by atoms with E-state index in [0.717, 1.165) is 30.0 Å². The number of pyridine rings is 1. The van der Waals surface area contributed by atoms with E-state index in [9.17, 15) is 9.18 Å². The molecule has 1 aromatic carbocycles. The van der Waals surface area contributed by atoms with Gasteiger partial charge in [-0.2, -0.15) is 0 Å². The number of carbonyl (C=O) groups is 1. The first-order valence-corrected chi connectivity index (χ1v) is 11.9. The van der Waals surface area contributed by atoms with Gasteiger partial charge < -0.3 is 19.5 Å². The number of ether oxygens (including phenoxy) is 1. The van der Waals surface area contributed by atoms with Crippen LogP contribution in [-0.4, -0.2) is 51.7 Å². The van der Waals surface area contributed by atoms with E-state index in [1.54, 1.807) is 36.1 Å². The third kappa shape index (κ3) is 3.84. The number of nitrogens with one attached hydrogen (secondary N) is 1. The zero-order valence-electron chi connectivity index (χ0n) is 18.1. The third-order valence-corrected chi connectivity index (χ3v) is 6.92. The Morgan fingerprint density at radius 2 is 1.94 bits per heavy atom. The van der Waals surface area contributed by atoms with Crippen molar-refractivity contribution < 1.29 is 13.9 Å². The highest BCUT2D eigenvalue weighted by Crippen LogP contribution is 2.36. The van der Waals surface area contributed by atoms with Crippen molar-refractivity contribution in [2.24, 2.45) is 0 Å². The quantitative estimate of drug-likeness (QED) is 0.448. The molecule has 172 valence electrons. The lowest BCUT2D eigenvalue weighted by Gasteiger charge is -2.32. The molecular weight excluding hydrogens is 455 g/mol. The van der Waals surface area contributed by atoms with Crippen molar-refractivity contribution in [3.63, 3.8) is 0 Å². The number of anilines is 2. The van der Waals surface area contributed by atoms with Crippen LogP contribution in [0.25, 0.3) is 22.0 Å². The monoisotopic (exact) mass is 476 g/mol. The van der Waals surface area contributed by atoms with Crippen molar-refractivity contribution in [2.75, 3.05) is 36.5 Å². The highest BCUT2D eigenvalue weighted by Gasteiger charge is 2.28. The van der Waals surface area contributed by atoms with Gasteiger partial charge in [-0.1, -0.05) is 0 Å². The molecule has 34 heavy (non-hydrogen) atoms. The molecule has 0 radical (unpaired) electrons. The molecule has 0 spiro atoms. The average molecular weight is 477 g/mol. The van der Waals surface area contributed by atoms with Crippen LogP contribution in [0.5, 0.6) is 0 Å². The van der Waals surface area contributed by atoms with Gasteiger partial charge in [0, 0.05) is 24.0 Å². The van der Waals surface area contributed by atoms with Crippen LogP contribution in [-0.2, 0) is 4.74 Å². The number of carbonyl (C=O) groups excluding carboxylic acids is 1. The smallest absolute Gasteiger partial charge is 0.276 e. The van der Waals surface area contributed by atoms with Crippen molar-refractivity contribution in [1.29, 1.82) is 0 Å². The molecule has 8 nitrogen and oxygen atoms in total. The van der Waals surface area contributed by atoms with Gasteiger partial charge in [-0.15, -0.1) is 11.3 Å². The van der Waals surface area contributed by atoms with E-state index in [-0.39, 0.29) is 17.8 Å². The normalized spacial score (nSPS) is 15.6. The molecule has 5 heterocycles. The Morgan fingerprint density at radius 1 is 1.12 bits per heavy atom. The number of thiazole rings is 1. The van der Waals surface area contributed by atoms with Gasteiger partial charge >= 0.3 is 0 Å². The molecular formula is C24H21FN6O2S. The molecule has 1 amide bonds. The fraction of sp³-hybridized carbons (Fsp3) is 0.250. The Hall–Kier alpha value is -3.63. The van der Waals surface area contributed by atoms with Crippen LogP contribution in [0.2, 0.25) is 0 Å². The minimum absolute atomic E-state index is 0.145. The summed E-state index contributed by atoms with van der Waals surface area (Å²) >= 11 is 1.37. The Balaban J connectivity index is 1.27. The maximum absolute atomic E-state index is 13.5. The molecule has 0 saturated carbocycles. The van der Waals surface area contributed by atoms with E-state index in [1.165, 1.54) is 29.9 Å². The van der Waals surface area contributed by atoms with Crippen LogP contribution in [0.1, 0.15) is 23.0 Å². The number of imidazole rings is 1. The summed E-state index contributed by atoms with van der Waals surface area (Å²) in [6, 6.07) is 10.1. The number of hydrogen-bond acceptors (Lipinski definition) is 7. The first kappa shape index (κ1) is 20.9. The lowest BCUT2D eigenvalue weighted by Crippen LogP contribution is -2.36. The summed E-state index contributed by atoms with van der Waals surface area (Å²) in [6.07, 6.45) is 4.72. The largest absolute Gasteiger partial charge is 0.377 e. The van der Waals surface area contributed by atoms with Gasteiger partial charge in [-0.25, -0.2) is 19.3 Å². The lowest BCUT2D eigenvalue weighted by atomic mass is 10.1. The highest BCUT2D eigenvalue weighted by atomic mass is 32.1. The molecule has 1 N–H and O–H groups in total. The topological polar surface area (TPSA) is 85.2 Å². The van der Waals surface area contributed by atoms with Crippen molar-refractivity contribution in [1.82, 2.24) is 19.5 Å². The minimum Gasteiger partial charge on any atom is -0.377 e. The lowest BCUT2D eigenvalue weighted by molar-refractivity contribution is -0.0226. The predicted octanol–water partition coefficient (Wildman–Crippen LogP) is 4.24. The summed E-state index contributed by atoms with van der Waals surface area (Å²) in [5, 5.41) is 5.21. The molecule has 0 unspecified atom stereocenters. The molecule has 0 atom stereocenters. The van der Waals surface area contributed by atoms with Crippen LogP contribution >= 0.6 is 11.3 Å². The fourth-order valence-electron chi connectivity index (χ4n) is 3.94. The van der Waals surface area contributed by atoms with Crippen molar-refractivity contribution in [3.05, 3.63) is 65.8 Å². The molecule has 6 rings (SSSR count). The van der Waals surface area contributed by atoms with Gasteiger partial charge in [0.2, 0.25) is 0 Å². The van der Waals surface area contributed by atoms with E-state index in [1.807, 2.05) is 10.6 Å². The molecule has 4 aromatic rings. The molecule has 2 fully saturated rings. The second kappa shape index (κ2) is 8.62. The van der Waals surface area contributed by atoms with Crippen LogP contribution < -0.4 is 10.2 Å². The van der Waals surface area contributed by atoms with Crippen molar-refractivity contribution >= 4 is 28.7 Å². The molecule has 3 aromatic heterocycles. The number of nitrogens with zero attached hydrogens (tertiary/aromatic N) is 5. The molecule has 0 bridgehead atoms. The molecule has 0 aliphatic carbocycles. The first-order valence-electron chi connectivity index (χ1n) is 11.0. The maximum atomic E-state index is 13.5. The van der Waals surface area contributed by atoms with E-state index < -0.39 is 0 Å². The Labute approximate surface area is 199 Å². The van der Waals surface area contributed by atoms with Crippen molar-refractivity contribution in [3.8, 4) is 22.0 Å². The second-order valence-corrected chi connectivity index (χ2v) is 9.14. The molecule has 10 heteroatoms. The van der Waals surface area contributed by atoms with Gasteiger partial charge in [-0.3, -0.25) is 4.79 Å². The van der Waals surface area contributed by atoms with E-state index >= 15 is 0 Å². The fourth-order valence-corrected chi connectivity index (χ4v) is 4.79. The zero-order chi connectivity index (χ0) is 23.1. The number of aromatic nitrogens is 4. The maximum Gasteiger partial charge on any atom is 0.276 e. The van der Waals surface area contributed by atoms with Crippen LogP contribution in [0.15, 0.2) is 54.3 Å². The first-order chi connectivity index (χ1) is 16.7. The predicted molar refractivity (Wildman–Crippen MR) is 128 cm³/mol. The standard InChI is InChI=1S/C24H21FN6O2S/c25-16-4-2-15(3-5-16)21-22(31(14-27-21)18-11-33-12-18)24-28-19(13-34-24)23(32)29-20-7-6-17(10-26-20)30-8-1-9-30/h2-7,10,13-14,18H,1,8-9,11-12H2,(H,26,29,32). The van der Waals surface area contributed by atoms with Crippen LogP contribution in [0.4, 0.5) is 15.9 Å². The Bertz CT molecular complexity index is 1330. The van der Waals surface area contributed by atoms with E-state index in [4.69, 9.17) is 4.74 Å². The summed E-state index contributed by atoms with van der Waals surface area (Å²) in [5.41, 5.74) is 3.62. The van der Waals surface area contributed by atoms with Gasteiger partial charge in [0.05, 0.1) is 43.2 Å². The number of amides is 1. The van der Waals surface area contributed by atoms with E-state index in [0.29, 0.717) is 35.4 Å². The summed E-state index contributed by atoms with van der Waals surface area (Å²) < 4.78 is 20.9.